The fourth-order valence-corrected chi connectivity index (χ4v) is 5.87. The van der Waals surface area contributed by atoms with E-state index in [4.69, 9.17) is 9.57 Å². The summed E-state index contributed by atoms with van der Waals surface area (Å²) in [7, 11) is 1.64. The van der Waals surface area contributed by atoms with E-state index in [2.05, 4.69) is 69.2 Å². The van der Waals surface area contributed by atoms with Crippen molar-refractivity contribution in [2.75, 3.05) is 13.7 Å². The van der Waals surface area contributed by atoms with Gasteiger partial charge in [0.2, 0.25) is 0 Å². The average Bonchev–Trinajstić information content (AvgIpc) is 2.87. The molecule has 3 nitrogen and oxygen atoms in total. The molecular weight excluding hydrogens is 461 g/mol. The molecule has 0 spiro atoms. The summed E-state index contributed by atoms with van der Waals surface area (Å²) in [6.45, 7) is 11.8. The van der Waals surface area contributed by atoms with Gasteiger partial charge in [-0.1, -0.05) is 60.7 Å². The highest BCUT2D eigenvalue weighted by Gasteiger charge is 2.46. The molecule has 1 fully saturated rings. The fourth-order valence-electron chi connectivity index (χ4n) is 5.87. The van der Waals surface area contributed by atoms with Gasteiger partial charge in [-0.05, 0) is 100 Å². The molecule has 3 aromatic carbocycles. The smallest absolute Gasteiger partial charge is 0.131 e. The quantitative estimate of drug-likeness (QED) is 0.227. The van der Waals surface area contributed by atoms with Crippen LogP contribution in [-0.2, 0) is 4.84 Å². The lowest BCUT2D eigenvalue weighted by Gasteiger charge is -2.54. The van der Waals surface area contributed by atoms with Crippen molar-refractivity contribution in [3.8, 4) is 28.0 Å². The Bertz CT molecular complexity index is 1190. The number of nitrogens with zero attached hydrogens (tertiary/aromatic N) is 1. The van der Waals surface area contributed by atoms with Gasteiger partial charge in [-0.15, -0.1) is 0 Å². The first-order valence-corrected chi connectivity index (χ1v) is 13.2. The second kappa shape index (κ2) is 11.2. The number of methoxy groups -OCH3 is 1. The molecule has 196 valence electrons. The Kier molecular flexibility index (Phi) is 8.20. The van der Waals surface area contributed by atoms with Crippen molar-refractivity contribution in [2.45, 2.75) is 70.9 Å². The van der Waals surface area contributed by atoms with Crippen molar-refractivity contribution in [3.05, 3.63) is 90.3 Å². The van der Waals surface area contributed by atoms with Crippen LogP contribution in [-0.4, -0.2) is 29.9 Å². The molecule has 0 saturated carbocycles. The van der Waals surface area contributed by atoms with Crippen LogP contribution < -0.4 is 4.74 Å². The van der Waals surface area contributed by atoms with Crippen molar-refractivity contribution in [1.82, 2.24) is 5.06 Å². The average molecular weight is 502 g/mol. The van der Waals surface area contributed by atoms with Gasteiger partial charge in [-0.25, -0.2) is 4.39 Å². The van der Waals surface area contributed by atoms with E-state index in [-0.39, 0.29) is 16.9 Å². The zero-order valence-electron chi connectivity index (χ0n) is 23.1. The van der Waals surface area contributed by atoms with Gasteiger partial charge >= 0.3 is 0 Å². The Morgan fingerprint density at radius 1 is 0.865 bits per heavy atom. The van der Waals surface area contributed by atoms with Crippen LogP contribution in [0.3, 0.4) is 0 Å². The minimum atomic E-state index is -0.216. The molecule has 0 aliphatic carbocycles. The maximum atomic E-state index is 15.2. The van der Waals surface area contributed by atoms with Crippen LogP contribution in [0.2, 0.25) is 0 Å². The van der Waals surface area contributed by atoms with E-state index < -0.39 is 0 Å². The number of hydrogen-bond donors (Lipinski definition) is 0. The Balaban J connectivity index is 1.49. The van der Waals surface area contributed by atoms with Crippen LogP contribution in [0, 0.1) is 5.82 Å². The number of allylic oxidation sites excluding steroid dienone is 1. The molecular formula is C33H40FNO2. The highest BCUT2D eigenvalue weighted by molar-refractivity contribution is 5.71. The van der Waals surface area contributed by atoms with E-state index in [1.54, 1.807) is 13.2 Å². The molecule has 0 atom stereocenters. The van der Waals surface area contributed by atoms with Gasteiger partial charge < -0.3 is 4.74 Å². The molecule has 0 aromatic heterocycles. The summed E-state index contributed by atoms with van der Waals surface area (Å²) in [5, 5.41) is 2.22. The molecule has 0 radical (unpaired) electrons. The summed E-state index contributed by atoms with van der Waals surface area (Å²) in [6.07, 6.45) is 7.14. The summed E-state index contributed by atoms with van der Waals surface area (Å²) in [4.78, 5) is 6.28. The Morgan fingerprint density at radius 3 is 2.03 bits per heavy atom. The maximum absolute atomic E-state index is 15.2. The lowest BCUT2D eigenvalue weighted by atomic mass is 9.72. The zero-order chi connectivity index (χ0) is 26.6. The van der Waals surface area contributed by atoms with Crippen LogP contribution in [0.4, 0.5) is 4.39 Å². The molecule has 1 heterocycles. The maximum Gasteiger partial charge on any atom is 0.131 e. The van der Waals surface area contributed by atoms with E-state index in [0.29, 0.717) is 18.1 Å². The lowest BCUT2D eigenvalue weighted by molar-refractivity contribution is -0.282. The lowest BCUT2D eigenvalue weighted by Crippen LogP contribution is -2.59. The monoisotopic (exact) mass is 501 g/mol. The molecule has 0 N–H and O–H groups in total. The molecule has 0 unspecified atom stereocenters. The van der Waals surface area contributed by atoms with Gasteiger partial charge in [0.15, 0.2) is 0 Å². The largest absolute Gasteiger partial charge is 0.497 e. The van der Waals surface area contributed by atoms with Crippen molar-refractivity contribution in [1.29, 1.82) is 0 Å². The van der Waals surface area contributed by atoms with Crippen molar-refractivity contribution in [2.24, 2.45) is 0 Å². The molecule has 4 heteroatoms. The molecule has 4 rings (SSSR count). The van der Waals surface area contributed by atoms with Crippen molar-refractivity contribution < 1.29 is 14.0 Å². The van der Waals surface area contributed by atoms with Gasteiger partial charge in [0.1, 0.15) is 11.6 Å². The van der Waals surface area contributed by atoms with Gasteiger partial charge in [-0.2, -0.15) is 5.06 Å². The molecule has 0 amide bonds. The predicted molar refractivity (Wildman–Crippen MR) is 151 cm³/mol. The second-order valence-corrected chi connectivity index (χ2v) is 11.3. The topological polar surface area (TPSA) is 21.7 Å². The SMILES string of the molecule is C/C=C\CCON1C(C)(C)CC(c2ccc(-c3ccc(-c4ccc(OC)cc4)cc3F)cc2)CC1(C)C. The third kappa shape index (κ3) is 6.14. The first kappa shape index (κ1) is 27.1. The molecule has 1 aliphatic heterocycles. The first-order chi connectivity index (χ1) is 17.6. The number of hydrogen-bond acceptors (Lipinski definition) is 3. The normalized spacial score (nSPS) is 17.8. The van der Waals surface area contributed by atoms with Gasteiger partial charge in [-0.3, -0.25) is 4.84 Å². The third-order valence-corrected chi connectivity index (χ3v) is 7.42. The first-order valence-electron chi connectivity index (χ1n) is 13.2. The molecule has 3 aromatic rings. The van der Waals surface area contributed by atoms with E-state index in [0.717, 1.165) is 41.7 Å². The van der Waals surface area contributed by atoms with Crippen LogP contribution in [0.1, 0.15) is 65.4 Å². The zero-order valence-corrected chi connectivity index (χ0v) is 23.1. The Hall–Kier alpha value is -2.95. The standard InChI is InChI=1S/C33H40FNO2/c1-7-8-9-20-37-35-32(2,3)22-28(23-33(35,4)5)25-10-12-26(13-11-25)30-19-16-27(21-31(30)34)24-14-17-29(36-6)18-15-24/h7-8,10-19,21,28H,9,20,22-23H2,1-6H3/b8-7-. The number of halogens is 1. The molecule has 37 heavy (non-hydrogen) atoms. The number of ether oxygens (including phenoxy) is 1. The Labute approximate surface area is 221 Å². The fraction of sp³-hybridized carbons (Fsp3) is 0.394. The summed E-state index contributed by atoms with van der Waals surface area (Å²) in [5.41, 5.74) is 4.44. The van der Waals surface area contributed by atoms with Crippen molar-refractivity contribution >= 4 is 0 Å². The van der Waals surface area contributed by atoms with E-state index in [9.17, 15) is 0 Å². The number of rotatable bonds is 8. The van der Waals surface area contributed by atoms with Crippen LogP contribution >= 0.6 is 0 Å². The molecule has 1 aliphatic rings. The van der Waals surface area contributed by atoms with Gasteiger partial charge in [0.05, 0.1) is 13.7 Å². The summed E-state index contributed by atoms with van der Waals surface area (Å²) < 4.78 is 20.4. The second-order valence-electron chi connectivity index (χ2n) is 11.3. The van der Waals surface area contributed by atoms with Crippen LogP contribution in [0.15, 0.2) is 78.9 Å². The minimum absolute atomic E-state index is 0.0928. The van der Waals surface area contributed by atoms with Gasteiger partial charge in [0, 0.05) is 16.6 Å². The third-order valence-electron chi connectivity index (χ3n) is 7.42. The minimum Gasteiger partial charge on any atom is -0.497 e. The van der Waals surface area contributed by atoms with E-state index >= 15 is 4.39 Å². The summed E-state index contributed by atoms with van der Waals surface area (Å²) >= 11 is 0. The van der Waals surface area contributed by atoms with Crippen LogP contribution in [0.5, 0.6) is 5.75 Å². The van der Waals surface area contributed by atoms with E-state index in [1.807, 2.05) is 43.3 Å². The number of hydroxylamine groups is 2. The van der Waals surface area contributed by atoms with Gasteiger partial charge in [0.25, 0.3) is 0 Å². The summed E-state index contributed by atoms with van der Waals surface area (Å²) in [6, 6.07) is 21.6. The molecule has 1 saturated heterocycles. The number of piperidine rings is 1. The number of benzene rings is 3. The summed E-state index contributed by atoms with van der Waals surface area (Å²) in [5.74, 6) is 0.985. The predicted octanol–water partition coefficient (Wildman–Crippen LogP) is 8.80. The Morgan fingerprint density at radius 2 is 1.46 bits per heavy atom. The highest BCUT2D eigenvalue weighted by atomic mass is 19.1. The van der Waals surface area contributed by atoms with Crippen molar-refractivity contribution in [3.63, 3.8) is 0 Å². The van der Waals surface area contributed by atoms with E-state index in [1.165, 1.54) is 5.56 Å². The van der Waals surface area contributed by atoms with Crippen LogP contribution in [0.25, 0.3) is 22.3 Å². The highest BCUT2D eigenvalue weighted by Crippen LogP contribution is 2.46. The molecule has 0 bridgehead atoms.